The third-order valence-electron chi connectivity index (χ3n) is 3.45. The molecule has 32 heavy (non-hydrogen) atoms. The minimum absolute atomic E-state index is 0.167. The Morgan fingerprint density at radius 1 is 0.781 bits per heavy atom. The lowest BCUT2D eigenvalue weighted by atomic mass is 11.8. The van der Waals surface area contributed by atoms with Crippen molar-refractivity contribution in [2.45, 2.75) is 32.7 Å². The zero-order valence-corrected chi connectivity index (χ0v) is 36.4. The van der Waals surface area contributed by atoms with Crippen molar-refractivity contribution in [2.24, 2.45) is 0 Å². The Hall–Kier alpha value is 1.39. The second-order valence-corrected chi connectivity index (χ2v) is 34.4. The van der Waals surface area contributed by atoms with Crippen LogP contribution in [-0.2, 0) is 54.8 Å². The molecule has 0 N–H and O–H groups in total. The van der Waals surface area contributed by atoms with E-state index in [0.29, 0.717) is 9.76 Å². The van der Waals surface area contributed by atoms with Crippen LogP contribution in [0, 0.1) is 0 Å². The molecular weight excluding hydrogens is 613 g/mol. The van der Waals surface area contributed by atoms with E-state index in [1.807, 2.05) is 32.7 Å². The summed E-state index contributed by atoms with van der Waals surface area (Å²) in [7, 11) is -15.5. The summed E-state index contributed by atoms with van der Waals surface area (Å²) in [6.45, 7) is 9.75. The van der Waals surface area contributed by atoms with Gasteiger partial charge >= 0.3 is 44.1 Å². The zero-order chi connectivity index (χ0) is 25.3. The van der Waals surface area contributed by atoms with E-state index in [2.05, 4.69) is 0 Å². The fourth-order valence-corrected chi connectivity index (χ4v) is 31.7. The van der Waals surface area contributed by atoms with Crippen LogP contribution in [0.15, 0.2) is 0 Å². The van der Waals surface area contributed by atoms with Gasteiger partial charge in [-0.25, -0.2) is 0 Å². The average Bonchev–Trinajstić information content (AvgIpc) is 2.68. The van der Waals surface area contributed by atoms with Crippen molar-refractivity contribution in [2.75, 3.05) is 21.3 Å². The molecule has 0 aliphatic rings. The van der Waals surface area contributed by atoms with Gasteiger partial charge in [0.15, 0.2) is 18.8 Å². The van der Waals surface area contributed by atoms with Gasteiger partial charge in [0.1, 0.15) is 30.7 Å². The maximum atomic E-state index is 12.5. The lowest BCUT2D eigenvalue weighted by Crippen LogP contribution is -2.70. The molecule has 0 rings (SSSR count). The van der Waals surface area contributed by atoms with Crippen molar-refractivity contribution in [3.05, 3.63) is 0 Å². The van der Waals surface area contributed by atoms with Crippen molar-refractivity contribution < 1.29 is 54.8 Å². The molecule has 0 aliphatic carbocycles. The molecule has 13 nitrogen and oxygen atoms in total. The molecule has 0 aromatic rings. The quantitative estimate of drug-likeness (QED) is 0.131. The molecule has 0 aromatic carbocycles. The van der Waals surface area contributed by atoms with Crippen molar-refractivity contribution >= 4 is 104 Å². The van der Waals surface area contributed by atoms with Crippen LogP contribution in [0.2, 0.25) is 32.7 Å². The molecule has 24 heteroatoms. The molecule has 0 fully saturated rings. The fourth-order valence-electron chi connectivity index (χ4n) is 2.32. The Morgan fingerprint density at radius 3 is 1.69 bits per heavy atom. The van der Waals surface area contributed by atoms with E-state index in [9.17, 15) is 4.46 Å². The molecule has 1 atom stereocenters. The first-order chi connectivity index (χ1) is 14.6. The third-order valence-corrected chi connectivity index (χ3v) is 30.2. The topological polar surface area (TPSA) is 128 Å². The van der Waals surface area contributed by atoms with Gasteiger partial charge in [-0.3, -0.25) is 4.46 Å². The third kappa shape index (κ3) is 11.9. The summed E-state index contributed by atoms with van der Waals surface area (Å²) in [6, 6.07) is 0. The first-order valence-electron chi connectivity index (χ1n) is 9.50. The van der Waals surface area contributed by atoms with Crippen LogP contribution in [0.1, 0.15) is 0 Å². The molecule has 0 bridgehead atoms. The van der Waals surface area contributed by atoms with Gasteiger partial charge in [0.25, 0.3) is 10.0 Å². The first-order valence-corrected chi connectivity index (χ1v) is 29.0. The van der Waals surface area contributed by atoms with Gasteiger partial charge in [0.05, 0.1) is 0 Å². The predicted octanol–water partition coefficient (Wildman–Crippen LogP) is -5.46. The maximum Gasteiger partial charge on any atom is 0.740 e. The smallest absolute Gasteiger partial charge is 0.560 e. The summed E-state index contributed by atoms with van der Waals surface area (Å²) in [5.74, 6) is 0. The average molecular weight is 651 g/mol. The molecule has 0 spiro atoms. The summed E-state index contributed by atoms with van der Waals surface area (Å²) in [5, 5.41) is 0. The monoisotopic (exact) mass is 650 g/mol. The van der Waals surface area contributed by atoms with Crippen LogP contribution in [0.25, 0.3) is 0 Å². The van der Waals surface area contributed by atoms with Crippen molar-refractivity contribution in [1.29, 1.82) is 0 Å². The Bertz CT molecular complexity index is 571. The normalized spacial score (nSPS) is 17.6. The van der Waals surface area contributed by atoms with Gasteiger partial charge in [-0.2, -0.15) is 0 Å². The molecule has 0 aliphatic heterocycles. The molecule has 0 radical (unpaired) electrons. The summed E-state index contributed by atoms with van der Waals surface area (Å²) in [6.07, 6.45) is 0. The van der Waals surface area contributed by atoms with Gasteiger partial charge in [0.2, 0.25) is 0 Å². The number of hydrogen-bond donors (Lipinski definition) is 0. The van der Waals surface area contributed by atoms with Crippen LogP contribution < -0.4 is 0 Å². The molecule has 0 saturated carbocycles. The zero-order valence-electron chi connectivity index (χ0n) is 21.0. The lowest BCUT2D eigenvalue weighted by molar-refractivity contribution is 0.0395. The highest BCUT2D eigenvalue weighted by molar-refractivity contribution is 7.08. The summed E-state index contributed by atoms with van der Waals surface area (Å²) >= 11 is 0. The van der Waals surface area contributed by atoms with E-state index in [-0.39, 0.29) is 31.5 Å². The number of hydrogen-bond acceptors (Lipinski definition) is 13. The van der Waals surface area contributed by atoms with Crippen molar-refractivity contribution in [3.63, 3.8) is 0 Å². The van der Waals surface area contributed by atoms with E-state index in [1.54, 1.807) is 0 Å². The highest BCUT2D eigenvalue weighted by Gasteiger charge is 2.66. The van der Waals surface area contributed by atoms with E-state index in [4.69, 9.17) is 50.3 Å². The molecule has 0 heterocycles. The van der Waals surface area contributed by atoms with Gasteiger partial charge < -0.3 is 50.3 Å². The molecule has 0 aromatic heterocycles. The highest BCUT2D eigenvalue weighted by atomic mass is 29.2. The summed E-state index contributed by atoms with van der Waals surface area (Å²) < 4.78 is 81.9. The van der Waals surface area contributed by atoms with E-state index in [0.717, 1.165) is 0 Å². The SMILES string of the molecule is CO[SiH2]O[Si](O[SiH3])(O[SiH3])O[Si](O[Si](=O)O[SiH3])(O[Si](C)(C)O[Si](C)(C)C)O[Si]([SiH3])(OC)OC. The highest BCUT2D eigenvalue weighted by Crippen LogP contribution is 2.29. The fraction of sp³-hybridized carbons (Fsp3) is 1.00. The van der Waals surface area contributed by atoms with Crippen LogP contribution >= 0.6 is 0 Å². The van der Waals surface area contributed by atoms with Crippen molar-refractivity contribution in [3.8, 4) is 0 Å². The second-order valence-electron chi connectivity index (χ2n) is 7.71. The minimum atomic E-state index is -4.39. The van der Waals surface area contributed by atoms with Crippen molar-refractivity contribution in [1.82, 2.24) is 0 Å². The number of rotatable bonds is 18. The van der Waals surface area contributed by atoms with Gasteiger partial charge in [0, 0.05) is 21.3 Å². The van der Waals surface area contributed by atoms with E-state index < -0.39 is 62.5 Å². The van der Waals surface area contributed by atoms with E-state index in [1.165, 1.54) is 21.3 Å². The Labute approximate surface area is 211 Å². The molecule has 0 saturated heterocycles. The predicted molar refractivity (Wildman–Crippen MR) is 144 cm³/mol. The molecular formula is C8H38O13Si11. The molecule has 1 unspecified atom stereocenters. The molecule has 192 valence electrons. The largest absolute Gasteiger partial charge is 0.740 e. The lowest BCUT2D eigenvalue weighted by Gasteiger charge is -2.42. The Morgan fingerprint density at radius 2 is 1.31 bits per heavy atom. The summed E-state index contributed by atoms with van der Waals surface area (Å²) in [5.41, 5.74) is 0. The Kier molecular flexibility index (Phi) is 14.8. The van der Waals surface area contributed by atoms with E-state index >= 15 is 0 Å². The van der Waals surface area contributed by atoms with Crippen LogP contribution in [-0.4, -0.2) is 125 Å². The molecule has 0 amide bonds. The second kappa shape index (κ2) is 14.2. The van der Waals surface area contributed by atoms with Crippen LogP contribution in [0.4, 0.5) is 0 Å². The van der Waals surface area contributed by atoms with Crippen LogP contribution in [0.5, 0.6) is 0 Å². The standard InChI is InChI=1S/C8H38O13Si11/c1-10-26-16-30(14-23,15-24)20-31(17-27(9)13-22,21-32(25,11-2)12-3)19-29(7,8)18-28(4,5)6/h26H2,1-8,22-25H3. The van der Waals surface area contributed by atoms with Crippen LogP contribution in [0.3, 0.4) is 0 Å². The maximum absolute atomic E-state index is 12.5. The Balaban J connectivity index is 6.59. The van der Waals surface area contributed by atoms with Gasteiger partial charge in [-0.15, -0.1) is 0 Å². The first kappa shape index (κ1) is 33.4. The van der Waals surface area contributed by atoms with Gasteiger partial charge in [-0.05, 0) is 32.7 Å². The minimum Gasteiger partial charge on any atom is -0.560 e. The van der Waals surface area contributed by atoms with Gasteiger partial charge in [-0.1, -0.05) is 0 Å². The summed E-state index contributed by atoms with van der Waals surface area (Å²) in [4.78, 5) is 0.